The van der Waals surface area contributed by atoms with Crippen LogP contribution in [0.25, 0.3) is 53.6 Å². The van der Waals surface area contributed by atoms with E-state index in [0.29, 0.717) is 0 Å². The zero-order valence-corrected chi connectivity index (χ0v) is 35.5. The fourth-order valence-corrected chi connectivity index (χ4v) is 11.9. The minimum atomic E-state index is -0.430. The normalized spacial score (nSPS) is 16.2. The summed E-state index contributed by atoms with van der Waals surface area (Å²) in [4.78, 5) is 2.43. The van der Waals surface area contributed by atoms with Gasteiger partial charge in [-0.25, -0.2) is 0 Å². The van der Waals surface area contributed by atoms with Gasteiger partial charge in [0.25, 0.3) is 0 Å². The summed E-state index contributed by atoms with van der Waals surface area (Å²) in [5.74, 6) is 0. The van der Waals surface area contributed by atoms with Gasteiger partial charge in [-0.15, -0.1) is 11.3 Å². The van der Waals surface area contributed by atoms with Gasteiger partial charge in [-0.1, -0.05) is 190 Å². The summed E-state index contributed by atoms with van der Waals surface area (Å²) in [6, 6.07) is 69.7. The third-order valence-corrected chi connectivity index (χ3v) is 14.6. The SMILES string of the molecule is C=C/C=C\C1=C(C)C2(c3ccccc3-c3c(-c4ccc(N(c5ccc(-c6ccccc6)cc5)c5cccc6c5sc5ccccc56)cc4)cccc32)c2ccccc2C1(C)C. The van der Waals surface area contributed by atoms with Crippen LogP contribution in [0.15, 0.2) is 224 Å². The van der Waals surface area contributed by atoms with Crippen LogP contribution in [0.3, 0.4) is 0 Å². The highest BCUT2D eigenvalue weighted by molar-refractivity contribution is 7.26. The number of allylic oxidation sites excluding steroid dienone is 5. The highest BCUT2D eigenvalue weighted by Gasteiger charge is 2.53. The average Bonchev–Trinajstić information content (AvgIpc) is 3.84. The second-order valence-corrected chi connectivity index (χ2v) is 17.9. The predicted octanol–water partition coefficient (Wildman–Crippen LogP) is 16.5. The smallest absolute Gasteiger partial charge is 0.0679 e. The lowest BCUT2D eigenvalue weighted by Crippen LogP contribution is -2.40. The molecule has 1 aromatic heterocycles. The van der Waals surface area contributed by atoms with Crippen LogP contribution in [0.4, 0.5) is 17.1 Å². The Kier molecular flexibility index (Phi) is 8.70. The van der Waals surface area contributed by atoms with Gasteiger partial charge in [0.05, 0.1) is 15.8 Å². The van der Waals surface area contributed by atoms with Crippen LogP contribution in [-0.2, 0) is 10.8 Å². The fourth-order valence-electron chi connectivity index (χ4n) is 10.7. The van der Waals surface area contributed by atoms with Crippen LogP contribution >= 0.6 is 11.3 Å². The number of anilines is 3. The van der Waals surface area contributed by atoms with Crippen LogP contribution in [0.2, 0.25) is 0 Å². The van der Waals surface area contributed by atoms with Gasteiger partial charge in [-0.2, -0.15) is 0 Å². The van der Waals surface area contributed by atoms with Crippen LogP contribution < -0.4 is 4.90 Å². The quantitative estimate of drug-likeness (QED) is 0.145. The molecule has 0 aliphatic heterocycles. The first-order valence-corrected chi connectivity index (χ1v) is 22.0. The molecule has 2 aliphatic rings. The number of hydrogen-bond acceptors (Lipinski definition) is 2. The number of rotatable bonds is 7. The minimum Gasteiger partial charge on any atom is -0.309 e. The molecule has 8 aromatic carbocycles. The van der Waals surface area contributed by atoms with Gasteiger partial charge in [0.1, 0.15) is 0 Å². The van der Waals surface area contributed by atoms with Gasteiger partial charge in [-0.05, 0) is 110 Å². The van der Waals surface area contributed by atoms with Crippen molar-refractivity contribution in [2.75, 3.05) is 4.90 Å². The largest absolute Gasteiger partial charge is 0.309 e. The average molecular weight is 800 g/mol. The first kappa shape index (κ1) is 37.0. The lowest BCUT2D eigenvalue weighted by atomic mass is 9.55. The van der Waals surface area contributed by atoms with Crippen LogP contribution in [-0.4, -0.2) is 0 Å². The van der Waals surface area contributed by atoms with E-state index < -0.39 is 5.41 Å². The Bertz CT molecular complexity index is 3230. The Balaban J connectivity index is 1.09. The minimum absolute atomic E-state index is 0.176. The summed E-state index contributed by atoms with van der Waals surface area (Å²) in [6.07, 6.45) is 6.29. The first-order valence-electron chi connectivity index (χ1n) is 21.2. The van der Waals surface area contributed by atoms with Crippen molar-refractivity contribution in [3.63, 3.8) is 0 Å². The Morgan fingerprint density at radius 2 is 1.08 bits per heavy atom. The van der Waals surface area contributed by atoms with Gasteiger partial charge >= 0.3 is 0 Å². The van der Waals surface area contributed by atoms with E-state index in [2.05, 4.69) is 232 Å². The molecule has 292 valence electrons. The summed E-state index contributed by atoms with van der Waals surface area (Å²) >= 11 is 1.87. The summed E-state index contributed by atoms with van der Waals surface area (Å²) in [7, 11) is 0. The van der Waals surface area contributed by atoms with E-state index in [9.17, 15) is 0 Å². The predicted molar refractivity (Wildman–Crippen MR) is 262 cm³/mol. The Morgan fingerprint density at radius 1 is 0.508 bits per heavy atom. The highest BCUT2D eigenvalue weighted by Crippen LogP contribution is 2.63. The molecule has 1 heterocycles. The van der Waals surface area contributed by atoms with Gasteiger partial charge < -0.3 is 4.90 Å². The summed E-state index contributed by atoms with van der Waals surface area (Å²) in [6.45, 7) is 11.1. The molecule has 61 heavy (non-hydrogen) atoms. The Morgan fingerprint density at radius 3 is 1.84 bits per heavy atom. The molecule has 0 saturated carbocycles. The van der Waals surface area contributed by atoms with E-state index in [4.69, 9.17) is 0 Å². The van der Waals surface area contributed by atoms with E-state index in [1.807, 2.05) is 17.4 Å². The number of fused-ring (bicyclic) bond motifs is 10. The number of thiophene rings is 1. The van der Waals surface area contributed by atoms with Gasteiger partial charge in [0.15, 0.2) is 0 Å². The molecular weight excluding hydrogens is 755 g/mol. The number of hydrogen-bond donors (Lipinski definition) is 0. The molecule has 2 heteroatoms. The van der Waals surface area contributed by atoms with Crippen molar-refractivity contribution in [3.8, 4) is 33.4 Å². The summed E-state index contributed by atoms with van der Waals surface area (Å²) in [5.41, 5.74) is 18.4. The molecule has 0 amide bonds. The first-order chi connectivity index (χ1) is 29.9. The third kappa shape index (κ3) is 5.52. The molecule has 1 atom stereocenters. The Labute approximate surface area is 362 Å². The third-order valence-electron chi connectivity index (χ3n) is 13.4. The molecule has 0 bridgehead atoms. The van der Waals surface area contributed by atoms with E-state index in [1.54, 1.807) is 0 Å². The summed E-state index contributed by atoms with van der Waals surface area (Å²) < 4.78 is 2.58. The molecule has 9 aromatic rings. The molecule has 0 saturated heterocycles. The maximum absolute atomic E-state index is 4.04. The maximum atomic E-state index is 4.04. The van der Waals surface area contributed by atoms with Crippen molar-refractivity contribution in [1.29, 1.82) is 0 Å². The van der Waals surface area contributed by atoms with E-state index >= 15 is 0 Å². The second kappa shape index (κ2) is 14.3. The van der Waals surface area contributed by atoms with Crippen molar-refractivity contribution in [2.45, 2.75) is 31.6 Å². The molecule has 1 nitrogen and oxygen atoms in total. The van der Waals surface area contributed by atoms with Crippen molar-refractivity contribution in [2.24, 2.45) is 0 Å². The lowest BCUT2D eigenvalue weighted by molar-refractivity contribution is 0.558. The van der Waals surface area contributed by atoms with E-state index in [-0.39, 0.29) is 5.41 Å². The molecule has 0 radical (unpaired) electrons. The summed E-state index contributed by atoms with van der Waals surface area (Å²) in [5, 5.41) is 2.58. The Hall–Kier alpha value is -7.00. The van der Waals surface area contributed by atoms with Gasteiger partial charge in [-0.3, -0.25) is 0 Å². The molecule has 11 rings (SSSR count). The standard InChI is InChI=1S/C59H45NS/c1-5-6-24-49-39(2)59(52-27-14-13-26-51(52)58(49,3)4)50-25-12-10-21-48(50)56-45(22-16-28-53(56)59)42-33-37-44(38-34-42)60(43-35-31-41(32-36-43)40-18-8-7-9-19-40)54-29-17-23-47-46-20-11-15-30-55(46)61-57(47)54/h5-38H,1H2,2-4H3/b24-6-. The van der Waals surface area contributed by atoms with Crippen molar-refractivity contribution in [1.82, 2.24) is 0 Å². The fraction of sp³-hybridized carbons (Fsp3) is 0.0847. The van der Waals surface area contributed by atoms with Crippen LogP contribution in [0.1, 0.15) is 43.0 Å². The van der Waals surface area contributed by atoms with Crippen molar-refractivity contribution < 1.29 is 0 Å². The van der Waals surface area contributed by atoms with Crippen LogP contribution in [0.5, 0.6) is 0 Å². The van der Waals surface area contributed by atoms with Gasteiger partial charge in [0, 0.05) is 32.3 Å². The lowest BCUT2D eigenvalue weighted by Gasteiger charge is -2.46. The number of benzene rings is 8. The molecule has 1 unspecified atom stereocenters. The number of nitrogens with zero attached hydrogens (tertiary/aromatic N) is 1. The monoisotopic (exact) mass is 799 g/mol. The highest BCUT2D eigenvalue weighted by atomic mass is 32.1. The van der Waals surface area contributed by atoms with Crippen LogP contribution in [0, 0.1) is 0 Å². The maximum Gasteiger partial charge on any atom is 0.0679 e. The molecule has 2 aliphatic carbocycles. The zero-order valence-electron chi connectivity index (χ0n) is 34.7. The van der Waals surface area contributed by atoms with Crippen molar-refractivity contribution in [3.05, 3.63) is 246 Å². The molecule has 0 N–H and O–H groups in total. The topological polar surface area (TPSA) is 3.24 Å². The van der Waals surface area contributed by atoms with E-state index in [0.717, 1.165) is 11.4 Å². The molecule has 1 spiro atoms. The second-order valence-electron chi connectivity index (χ2n) is 16.9. The van der Waals surface area contributed by atoms with E-state index in [1.165, 1.54) is 92.6 Å². The van der Waals surface area contributed by atoms with Crippen molar-refractivity contribution >= 4 is 48.6 Å². The molecular formula is C59H45NS. The zero-order chi connectivity index (χ0) is 41.3. The van der Waals surface area contributed by atoms with Gasteiger partial charge in [0.2, 0.25) is 0 Å². The molecule has 0 fully saturated rings.